The molecule has 1 atom stereocenters. The lowest BCUT2D eigenvalue weighted by molar-refractivity contribution is -0.0101. The van der Waals surface area contributed by atoms with Crippen molar-refractivity contribution in [3.8, 4) is 0 Å². The summed E-state index contributed by atoms with van der Waals surface area (Å²) in [6, 6.07) is 4.56. The maximum atomic E-state index is 13.0. The molecule has 0 aliphatic heterocycles. The summed E-state index contributed by atoms with van der Waals surface area (Å²) in [5, 5.41) is 0.119. The van der Waals surface area contributed by atoms with Crippen LogP contribution >= 0.6 is 11.6 Å². The molecule has 3 nitrogen and oxygen atoms in total. The zero-order chi connectivity index (χ0) is 13.1. The van der Waals surface area contributed by atoms with Gasteiger partial charge < -0.3 is 4.74 Å². The minimum absolute atomic E-state index is 0.0889. The lowest BCUT2D eigenvalue weighted by Gasteiger charge is -2.32. The third-order valence-electron chi connectivity index (χ3n) is 2.99. The number of methoxy groups -OCH3 is 1. The highest BCUT2D eigenvalue weighted by Gasteiger charge is 2.28. The molecular formula is C12H18ClFN2O. The number of nitrogens with two attached hydrogens (primary N) is 1. The van der Waals surface area contributed by atoms with Gasteiger partial charge in [-0.25, -0.2) is 4.39 Å². The minimum atomic E-state index is -0.421. The molecule has 1 aromatic carbocycles. The number of ether oxygens (including phenoxy) is 1. The van der Waals surface area contributed by atoms with Gasteiger partial charge in [-0.2, -0.15) is 0 Å². The standard InChI is InChI=1S/C12H18ClFN2O/c1-12(2,17-3)11(16-15)7-8-4-5-10(14)9(13)6-8/h4-6,11,16H,7,15H2,1-3H3. The first-order valence-electron chi connectivity index (χ1n) is 5.36. The molecule has 0 aromatic heterocycles. The molecule has 0 bridgehead atoms. The Hall–Kier alpha value is -0.680. The van der Waals surface area contributed by atoms with E-state index in [9.17, 15) is 4.39 Å². The van der Waals surface area contributed by atoms with Gasteiger partial charge in [0.2, 0.25) is 0 Å². The predicted molar refractivity (Wildman–Crippen MR) is 67.3 cm³/mol. The third kappa shape index (κ3) is 3.64. The van der Waals surface area contributed by atoms with Gasteiger partial charge in [-0.15, -0.1) is 0 Å². The molecule has 1 unspecified atom stereocenters. The van der Waals surface area contributed by atoms with E-state index < -0.39 is 11.4 Å². The molecule has 0 fully saturated rings. The summed E-state index contributed by atoms with van der Waals surface area (Å²) in [6.07, 6.45) is 0.608. The zero-order valence-corrected chi connectivity index (χ0v) is 11.0. The van der Waals surface area contributed by atoms with Crippen molar-refractivity contribution >= 4 is 11.6 Å². The van der Waals surface area contributed by atoms with E-state index in [-0.39, 0.29) is 11.1 Å². The second kappa shape index (κ2) is 5.78. The molecule has 1 aromatic rings. The molecule has 0 spiro atoms. The summed E-state index contributed by atoms with van der Waals surface area (Å²) in [4.78, 5) is 0. The van der Waals surface area contributed by atoms with Crippen molar-refractivity contribution in [1.82, 2.24) is 5.43 Å². The van der Waals surface area contributed by atoms with E-state index in [1.165, 1.54) is 6.07 Å². The van der Waals surface area contributed by atoms with Crippen LogP contribution in [0.3, 0.4) is 0 Å². The van der Waals surface area contributed by atoms with Gasteiger partial charge in [0.25, 0.3) is 0 Å². The topological polar surface area (TPSA) is 47.3 Å². The highest BCUT2D eigenvalue weighted by molar-refractivity contribution is 6.30. The molecule has 0 heterocycles. The Kier molecular flexibility index (Phi) is 4.89. The average molecular weight is 261 g/mol. The fraction of sp³-hybridized carbons (Fsp3) is 0.500. The van der Waals surface area contributed by atoms with Crippen molar-refractivity contribution in [2.75, 3.05) is 7.11 Å². The molecule has 0 saturated carbocycles. The Morgan fingerprint density at radius 2 is 2.18 bits per heavy atom. The molecule has 0 amide bonds. The molecule has 3 N–H and O–H groups in total. The fourth-order valence-electron chi connectivity index (χ4n) is 1.55. The van der Waals surface area contributed by atoms with E-state index in [0.717, 1.165) is 5.56 Å². The zero-order valence-electron chi connectivity index (χ0n) is 10.3. The number of benzene rings is 1. The minimum Gasteiger partial charge on any atom is -0.377 e. The van der Waals surface area contributed by atoms with E-state index in [0.29, 0.717) is 6.42 Å². The first-order valence-corrected chi connectivity index (χ1v) is 5.73. The van der Waals surface area contributed by atoms with Crippen LogP contribution in [0.25, 0.3) is 0 Å². The fourth-order valence-corrected chi connectivity index (χ4v) is 1.75. The Morgan fingerprint density at radius 3 is 2.65 bits per heavy atom. The van der Waals surface area contributed by atoms with Crippen molar-refractivity contribution in [2.24, 2.45) is 5.84 Å². The van der Waals surface area contributed by atoms with Gasteiger partial charge in [0, 0.05) is 7.11 Å². The summed E-state index contributed by atoms with van der Waals surface area (Å²) in [7, 11) is 1.63. The van der Waals surface area contributed by atoms with Crippen LogP contribution in [0.5, 0.6) is 0 Å². The predicted octanol–water partition coefficient (Wildman–Crippen LogP) is 2.28. The molecule has 0 aliphatic rings. The number of halogens is 2. The van der Waals surface area contributed by atoms with E-state index >= 15 is 0 Å². The van der Waals surface area contributed by atoms with Crippen molar-refractivity contribution in [3.05, 3.63) is 34.6 Å². The molecule has 17 heavy (non-hydrogen) atoms. The Morgan fingerprint density at radius 1 is 1.53 bits per heavy atom. The number of hydrazine groups is 1. The summed E-state index contributed by atoms with van der Waals surface area (Å²) < 4.78 is 18.4. The summed E-state index contributed by atoms with van der Waals surface area (Å²) in [5.41, 5.74) is 3.20. The van der Waals surface area contributed by atoms with Crippen molar-refractivity contribution in [3.63, 3.8) is 0 Å². The van der Waals surface area contributed by atoms with Crippen molar-refractivity contribution < 1.29 is 9.13 Å². The van der Waals surface area contributed by atoms with Crippen molar-refractivity contribution in [1.29, 1.82) is 0 Å². The Balaban J connectivity index is 2.84. The van der Waals surface area contributed by atoms with Gasteiger partial charge in [0.15, 0.2) is 0 Å². The smallest absolute Gasteiger partial charge is 0.141 e. The Bertz CT molecular complexity index is 385. The number of hydrogen-bond acceptors (Lipinski definition) is 3. The summed E-state index contributed by atoms with van der Waals surface area (Å²) in [6.45, 7) is 3.87. The van der Waals surface area contributed by atoms with Crippen LogP contribution < -0.4 is 11.3 Å². The van der Waals surface area contributed by atoms with E-state index in [1.54, 1.807) is 19.2 Å². The lowest BCUT2D eigenvalue weighted by Crippen LogP contribution is -2.52. The average Bonchev–Trinajstić information content (AvgIpc) is 2.30. The normalized spacial score (nSPS) is 13.8. The summed E-state index contributed by atoms with van der Waals surface area (Å²) >= 11 is 5.73. The second-order valence-corrected chi connectivity index (χ2v) is 4.89. The van der Waals surface area contributed by atoms with Crippen LogP contribution in [-0.2, 0) is 11.2 Å². The number of hydrogen-bond donors (Lipinski definition) is 2. The molecular weight excluding hydrogens is 243 g/mol. The van der Waals surface area contributed by atoms with Gasteiger partial charge in [-0.1, -0.05) is 17.7 Å². The van der Waals surface area contributed by atoms with Crippen LogP contribution in [0, 0.1) is 5.82 Å². The lowest BCUT2D eigenvalue weighted by atomic mass is 9.93. The van der Waals surface area contributed by atoms with Gasteiger partial charge in [-0.3, -0.25) is 11.3 Å². The quantitative estimate of drug-likeness (QED) is 0.631. The van der Waals surface area contributed by atoms with Gasteiger partial charge in [0.1, 0.15) is 5.82 Å². The molecule has 0 radical (unpaired) electrons. The van der Waals surface area contributed by atoms with Crippen LogP contribution in [0.15, 0.2) is 18.2 Å². The first-order chi connectivity index (χ1) is 7.90. The van der Waals surface area contributed by atoms with Gasteiger partial charge in [0.05, 0.1) is 16.7 Å². The van der Waals surface area contributed by atoms with E-state index in [1.807, 2.05) is 13.8 Å². The Labute approximate surface area is 106 Å². The largest absolute Gasteiger partial charge is 0.377 e. The maximum absolute atomic E-state index is 13.0. The SMILES string of the molecule is COC(C)(C)C(Cc1ccc(F)c(Cl)c1)NN. The molecule has 0 aliphatic carbocycles. The van der Waals surface area contributed by atoms with Crippen LogP contribution in [0.1, 0.15) is 19.4 Å². The monoisotopic (exact) mass is 260 g/mol. The van der Waals surface area contributed by atoms with Crippen LogP contribution in [-0.4, -0.2) is 18.8 Å². The van der Waals surface area contributed by atoms with E-state index in [4.69, 9.17) is 22.2 Å². The maximum Gasteiger partial charge on any atom is 0.141 e. The van der Waals surface area contributed by atoms with Crippen LogP contribution in [0.2, 0.25) is 5.02 Å². The van der Waals surface area contributed by atoms with E-state index in [2.05, 4.69) is 5.43 Å². The number of nitrogens with one attached hydrogen (secondary N) is 1. The summed E-state index contributed by atoms with van der Waals surface area (Å²) in [5.74, 6) is 5.10. The molecule has 0 saturated heterocycles. The van der Waals surface area contributed by atoms with Crippen LogP contribution in [0.4, 0.5) is 4.39 Å². The first kappa shape index (κ1) is 14.4. The van der Waals surface area contributed by atoms with Gasteiger partial charge in [-0.05, 0) is 38.0 Å². The number of rotatable bonds is 5. The highest BCUT2D eigenvalue weighted by Crippen LogP contribution is 2.21. The third-order valence-corrected chi connectivity index (χ3v) is 3.28. The molecule has 96 valence electrons. The molecule has 5 heteroatoms. The van der Waals surface area contributed by atoms with Gasteiger partial charge >= 0.3 is 0 Å². The highest BCUT2D eigenvalue weighted by atomic mass is 35.5. The molecule has 1 rings (SSSR count). The second-order valence-electron chi connectivity index (χ2n) is 4.48. The van der Waals surface area contributed by atoms with Crippen molar-refractivity contribution in [2.45, 2.75) is 31.9 Å².